The van der Waals surface area contributed by atoms with Gasteiger partial charge in [0.25, 0.3) is 0 Å². The third-order valence-electron chi connectivity index (χ3n) is 3.89. The molecular weight excluding hydrogens is 228 g/mol. The van der Waals surface area contributed by atoms with Crippen LogP contribution in [0.2, 0.25) is 0 Å². The van der Waals surface area contributed by atoms with E-state index >= 15 is 0 Å². The highest BCUT2D eigenvalue weighted by molar-refractivity contribution is 4.76. The standard InChI is InChI=1S/C19H38/c1-4-5-6-7-8-9-10-11-12-13-14-15-16-17-18-19(2)3/h4-5,19H,6-18H2,1-3H3/b5-4+. The van der Waals surface area contributed by atoms with Gasteiger partial charge < -0.3 is 0 Å². The maximum absolute atomic E-state index is 2.33. The summed E-state index contributed by atoms with van der Waals surface area (Å²) < 4.78 is 0. The third kappa shape index (κ3) is 17.7. The summed E-state index contributed by atoms with van der Waals surface area (Å²) >= 11 is 0. The third-order valence-corrected chi connectivity index (χ3v) is 3.89. The molecule has 19 heavy (non-hydrogen) atoms. The zero-order chi connectivity index (χ0) is 14.2. The van der Waals surface area contributed by atoms with Crippen molar-refractivity contribution in [1.29, 1.82) is 0 Å². The molecule has 0 rings (SSSR count). The van der Waals surface area contributed by atoms with E-state index in [1.54, 1.807) is 0 Å². The molecule has 0 heterocycles. The van der Waals surface area contributed by atoms with Crippen LogP contribution in [0.5, 0.6) is 0 Å². The molecule has 0 aromatic rings. The van der Waals surface area contributed by atoms with Crippen molar-refractivity contribution >= 4 is 0 Å². The van der Waals surface area contributed by atoms with Gasteiger partial charge in [-0.25, -0.2) is 0 Å². The topological polar surface area (TPSA) is 0 Å². The second kappa shape index (κ2) is 15.8. The fourth-order valence-electron chi connectivity index (χ4n) is 2.57. The lowest BCUT2D eigenvalue weighted by atomic mass is 10.0. The minimum absolute atomic E-state index is 0.896. The summed E-state index contributed by atoms with van der Waals surface area (Å²) in [6.07, 6.45) is 23.2. The SMILES string of the molecule is C/C=C/CCCCCCCCCCCCCC(C)C. The van der Waals surface area contributed by atoms with Crippen LogP contribution < -0.4 is 0 Å². The second-order valence-corrected chi connectivity index (χ2v) is 6.43. The smallest absolute Gasteiger partial charge is 0.0351 e. The van der Waals surface area contributed by atoms with Crippen molar-refractivity contribution in [3.8, 4) is 0 Å². The van der Waals surface area contributed by atoms with Crippen LogP contribution in [-0.2, 0) is 0 Å². The van der Waals surface area contributed by atoms with Gasteiger partial charge >= 0.3 is 0 Å². The van der Waals surface area contributed by atoms with Crippen molar-refractivity contribution in [3.05, 3.63) is 12.2 Å². The van der Waals surface area contributed by atoms with E-state index in [0.29, 0.717) is 0 Å². The molecule has 0 fully saturated rings. The van der Waals surface area contributed by atoms with Crippen molar-refractivity contribution < 1.29 is 0 Å². The summed E-state index contributed by atoms with van der Waals surface area (Å²) in [7, 11) is 0. The second-order valence-electron chi connectivity index (χ2n) is 6.43. The van der Waals surface area contributed by atoms with Crippen molar-refractivity contribution in [2.45, 2.75) is 104 Å². The molecule has 0 saturated carbocycles. The normalized spacial score (nSPS) is 11.8. The molecule has 0 radical (unpaired) electrons. The van der Waals surface area contributed by atoms with Crippen LogP contribution in [0.3, 0.4) is 0 Å². The Labute approximate surface area is 123 Å². The van der Waals surface area contributed by atoms with Crippen molar-refractivity contribution in [3.63, 3.8) is 0 Å². The molecule has 0 aromatic carbocycles. The Balaban J connectivity index is 2.95. The minimum Gasteiger partial charge on any atom is -0.0917 e. The highest BCUT2D eigenvalue weighted by atomic mass is 14.0. The van der Waals surface area contributed by atoms with E-state index in [1.165, 1.54) is 83.5 Å². The predicted octanol–water partition coefficient (Wildman–Crippen LogP) is 7.29. The van der Waals surface area contributed by atoms with Gasteiger partial charge in [0.2, 0.25) is 0 Å². The summed E-state index contributed by atoms with van der Waals surface area (Å²) in [4.78, 5) is 0. The lowest BCUT2D eigenvalue weighted by molar-refractivity contribution is 0.504. The molecule has 0 bridgehead atoms. The number of hydrogen-bond donors (Lipinski definition) is 0. The number of rotatable bonds is 14. The molecule has 0 aliphatic carbocycles. The van der Waals surface area contributed by atoms with Gasteiger partial charge in [0.15, 0.2) is 0 Å². The number of hydrogen-bond acceptors (Lipinski definition) is 0. The Kier molecular flexibility index (Phi) is 15.6. The maximum Gasteiger partial charge on any atom is -0.0351 e. The van der Waals surface area contributed by atoms with Crippen molar-refractivity contribution in [2.75, 3.05) is 0 Å². The Hall–Kier alpha value is -0.260. The first kappa shape index (κ1) is 18.7. The molecule has 0 saturated heterocycles. The van der Waals surface area contributed by atoms with Gasteiger partial charge in [-0.15, -0.1) is 0 Å². The molecule has 0 N–H and O–H groups in total. The molecule has 0 amide bonds. The molecular formula is C19H38. The molecule has 0 aromatic heterocycles. The van der Waals surface area contributed by atoms with E-state index in [1.807, 2.05) is 0 Å². The largest absolute Gasteiger partial charge is 0.0917 e. The molecule has 0 heteroatoms. The molecule has 0 nitrogen and oxygen atoms in total. The molecule has 114 valence electrons. The van der Waals surface area contributed by atoms with Crippen LogP contribution >= 0.6 is 0 Å². The van der Waals surface area contributed by atoms with Crippen LogP contribution in [0.4, 0.5) is 0 Å². The first-order chi connectivity index (χ1) is 9.27. The summed E-state index contributed by atoms with van der Waals surface area (Å²) in [5.74, 6) is 0.896. The monoisotopic (exact) mass is 266 g/mol. The highest BCUT2D eigenvalue weighted by Gasteiger charge is 1.95. The van der Waals surface area contributed by atoms with E-state index in [4.69, 9.17) is 0 Å². The van der Waals surface area contributed by atoms with Gasteiger partial charge in [0.05, 0.1) is 0 Å². The van der Waals surface area contributed by atoms with Crippen molar-refractivity contribution in [1.82, 2.24) is 0 Å². The van der Waals surface area contributed by atoms with Gasteiger partial charge in [-0.3, -0.25) is 0 Å². The average molecular weight is 267 g/mol. The van der Waals surface area contributed by atoms with E-state index in [-0.39, 0.29) is 0 Å². The lowest BCUT2D eigenvalue weighted by Gasteiger charge is -2.04. The van der Waals surface area contributed by atoms with E-state index in [0.717, 1.165) is 5.92 Å². The van der Waals surface area contributed by atoms with Crippen molar-refractivity contribution in [2.24, 2.45) is 5.92 Å². The maximum atomic E-state index is 2.33. The molecule has 0 spiro atoms. The van der Waals surface area contributed by atoms with Gasteiger partial charge in [0.1, 0.15) is 0 Å². The van der Waals surface area contributed by atoms with Gasteiger partial charge in [-0.05, 0) is 25.7 Å². The quantitative estimate of drug-likeness (QED) is 0.229. The van der Waals surface area contributed by atoms with Crippen LogP contribution in [0.15, 0.2) is 12.2 Å². The van der Waals surface area contributed by atoms with E-state index < -0.39 is 0 Å². The van der Waals surface area contributed by atoms with E-state index in [9.17, 15) is 0 Å². The lowest BCUT2D eigenvalue weighted by Crippen LogP contribution is -1.87. The van der Waals surface area contributed by atoms with Gasteiger partial charge in [-0.1, -0.05) is 96.6 Å². The fraction of sp³-hybridized carbons (Fsp3) is 0.895. The van der Waals surface area contributed by atoms with Crippen LogP contribution in [0.1, 0.15) is 104 Å². The summed E-state index contributed by atoms with van der Waals surface area (Å²) in [6, 6.07) is 0. The zero-order valence-electron chi connectivity index (χ0n) is 13.9. The summed E-state index contributed by atoms with van der Waals surface area (Å²) in [6.45, 7) is 6.78. The highest BCUT2D eigenvalue weighted by Crippen LogP contribution is 2.14. The molecule has 0 atom stereocenters. The summed E-state index contributed by atoms with van der Waals surface area (Å²) in [5, 5.41) is 0. The fourth-order valence-corrected chi connectivity index (χ4v) is 2.57. The van der Waals surface area contributed by atoms with Crippen LogP contribution in [0.25, 0.3) is 0 Å². The Morgan fingerprint density at radius 3 is 1.47 bits per heavy atom. The summed E-state index contributed by atoms with van der Waals surface area (Å²) in [5.41, 5.74) is 0. The van der Waals surface area contributed by atoms with Gasteiger partial charge in [-0.2, -0.15) is 0 Å². The zero-order valence-corrected chi connectivity index (χ0v) is 13.9. The predicted molar refractivity (Wildman–Crippen MR) is 89.7 cm³/mol. The Bertz CT molecular complexity index is 178. The molecule has 0 unspecified atom stereocenters. The first-order valence-corrected chi connectivity index (χ1v) is 8.88. The Morgan fingerprint density at radius 1 is 0.632 bits per heavy atom. The average Bonchev–Trinajstić information content (AvgIpc) is 2.39. The molecule has 0 aliphatic rings. The van der Waals surface area contributed by atoms with E-state index in [2.05, 4.69) is 32.9 Å². The minimum atomic E-state index is 0.896. The van der Waals surface area contributed by atoms with Crippen LogP contribution in [-0.4, -0.2) is 0 Å². The number of allylic oxidation sites excluding steroid dienone is 2. The van der Waals surface area contributed by atoms with Crippen LogP contribution in [0, 0.1) is 5.92 Å². The molecule has 0 aliphatic heterocycles. The number of unbranched alkanes of at least 4 members (excludes halogenated alkanes) is 11. The van der Waals surface area contributed by atoms with Gasteiger partial charge in [0, 0.05) is 0 Å². The Morgan fingerprint density at radius 2 is 1.05 bits per heavy atom. The first-order valence-electron chi connectivity index (χ1n) is 8.88.